The van der Waals surface area contributed by atoms with Gasteiger partial charge in [-0.05, 0) is 17.5 Å². The first-order valence-corrected chi connectivity index (χ1v) is 8.39. The molecule has 26 heavy (non-hydrogen) atoms. The summed E-state index contributed by atoms with van der Waals surface area (Å²) < 4.78 is 10.4. The maximum Gasteiger partial charge on any atom is 0.330 e. The molecule has 0 aliphatic carbocycles. The smallest absolute Gasteiger partial charge is 0.330 e. The number of benzene rings is 2. The van der Waals surface area contributed by atoms with Crippen LogP contribution in [0.15, 0.2) is 85.5 Å². The number of esters is 2. The Bertz CT molecular complexity index is 735. The molecule has 1 unspecified atom stereocenters. The molecule has 2 aromatic rings. The predicted molar refractivity (Wildman–Crippen MR) is 99.9 cm³/mol. The Balaban J connectivity index is 1.74. The van der Waals surface area contributed by atoms with Crippen LogP contribution in [-0.2, 0) is 32.3 Å². The van der Waals surface area contributed by atoms with Crippen molar-refractivity contribution in [3.05, 3.63) is 96.6 Å². The molecule has 4 nitrogen and oxygen atoms in total. The molecule has 4 heteroatoms. The van der Waals surface area contributed by atoms with Gasteiger partial charge in [0.2, 0.25) is 0 Å². The molecule has 0 aliphatic rings. The van der Waals surface area contributed by atoms with E-state index in [0.29, 0.717) is 6.42 Å². The number of allylic oxidation sites excluding steroid dienone is 1. The highest BCUT2D eigenvalue weighted by Crippen LogP contribution is 2.11. The standard InChI is InChI=1S/C22H22O4/c1-2-20(22(24)26-17-19-12-7-4-8-13-19)14-9-15-21(23)25-16-18-10-5-3-6-11-18/h2-13,15,20H,1,14,16-17H2/b15-9+. The van der Waals surface area contributed by atoms with Gasteiger partial charge in [0.05, 0.1) is 5.92 Å². The Morgan fingerprint density at radius 3 is 1.96 bits per heavy atom. The lowest BCUT2D eigenvalue weighted by Crippen LogP contribution is -2.15. The van der Waals surface area contributed by atoms with Crippen LogP contribution >= 0.6 is 0 Å². The third kappa shape index (κ3) is 6.77. The molecule has 0 fully saturated rings. The predicted octanol–water partition coefficient (Wildman–Crippen LogP) is 4.22. The van der Waals surface area contributed by atoms with E-state index < -0.39 is 11.9 Å². The van der Waals surface area contributed by atoms with Crippen LogP contribution in [0.25, 0.3) is 0 Å². The minimum absolute atomic E-state index is 0.215. The van der Waals surface area contributed by atoms with Gasteiger partial charge in [-0.2, -0.15) is 0 Å². The van der Waals surface area contributed by atoms with E-state index in [-0.39, 0.29) is 19.2 Å². The molecule has 0 spiro atoms. The van der Waals surface area contributed by atoms with E-state index in [9.17, 15) is 9.59 Å². The maximum atomic E-state index is 12.1. The Hall–Kier alpha value is -3.14. The molecule has 1 atom stereocenters. The molecule has 0 saturated heterocycles. The van der Waals surface area contributed by atoms with Crippen molar-refractivity contribution >= 4 is 11.9 Å². The highest BCUT2D eigenvalue weighted by molar-refractivity contribution is 5.82. The van der Waals surface area contributed by atoms with E-state index in [1.54, 1.807) is 6.08 Å². The fourth-order valence-electron chi connectivity index (χ4n) is 2.21. The SMILES string of the molecule is C=CC(C/C=C/C(=O)OCc1ccccc1)C(=O)OCc1ccccc1. The lowest BCUT2D eigenvalue weighted by Gasteiger charge is -2.10. The van der Waals surface area contributed by atoms with E-state index in [1.165, 1.54) is 12.2 Å². The zero-order valence-corrected chi connectivity index (χ0v) is 14.5. The quantitative estimate of drug-likeness (QED) is 0.386. The lowest BCUT2D eigenvalue weighted by atomic mass is 10.1. The summed E-state index contributed by atoms with van der Waals surface area (Å²) in [7, 11) is 0. The molecule has 0 aliphatic heterocycles. The van der Waals surface area contributed by atoms with Gasteiger partial charge in [-0.1, -0.05) is 72.8 Å². The van der Waals surface area contributed by atoms with Crippen LogP contribution in [-0.4, -0.2) is 11.9 Å². The molecule has 0 amide bonds. The van der Waals surface area contributed by atoms with Crippen LogP contribution in [0.2, 0.25) is 0 Å². The molecule has 0 aromatic heterocycles. The van der Waals surface area contributed by atoms with Crippen molar-refractivity contribution in [3.8, 4) is 0 Å². The van der Waals surface area contributed by atoms with Crippen molar-refractivity contribution in [3.63, 3.8) is 0 Å². The van der Waals surface area contributed by atoms with Crippen LogP contribution in [0, 0.1) is 5.92 Å². The van der Waals surface area contributed by atoms with E-state index in [4.69, 9.17) is 9.47 Å². The molecular formula is C22H22O4. The van der Waals surface area contributed by atoms with Gasteiger partial charge in [0.25, 0.3) is 0 Å². The van der Waals surface area contributed by atoms with Gasteiger partial charge >= 0.3 is 11.9 Å². The highest BCUT2D eigenvalue weighted by atomic mass is 16.5. The number of hydrogen-bond donors (Lipinski definition) is 0. The van der Waals surface area contributed by atoms with Crippen molar-refractivity contribution in [2.45, 2.75) is 19.6 Å². The fraction of sp³-hybridized carbons (Fsp3) is 0.182. The average Bonchev–Trinajstić information content (AvgIpc) is 2.69. The molecule has 0 bridgehead atoms. The highest BCUT2D eigenvalue weighted by Gasteiger charge is 2.15. The first-order valence-electron chi connectivity index (χ1n) is 8.39. The number of carbonyl (C=O) groups is 2. The van der Waals surface area contributed by atoms with Crippen molar-refractivity contribution in [2.24, 2.45) is 5.92 Å². The molecule has 0 radical (unpaired) electrons. The normalized spacial score (nSPS) is 11.7. The second-order valence-corrected chi connectivity index (χ2v) is 5.67. The van der Waals surface area contributed by atoms with Crippen LogP contribution < -0.4 is 0 Å². The summed E-state index contributed by atoms with van der Waals surface area (Å²) in [4.78, 5) is 23.8. The van der Waals surface area contributed by atoms with Crippen molar-refractivity contribution in [1.82, 2.24) is 0 Å². The Kier molecular flexibility index (Phi) is 7.87. The third-order valence-corrected chi connectivity index (χ3v) is 3.68. The maximum absolute atomic E-state index is 12.1. The molecule has 0 heterocycles. The first kappa shape index (κ1) is 19.2. The second kappa shape index (κ2) is 10.7. The number of hydrogen-bond acceptors (Lipinski definition) is 4. The van der Waals surface area contributed by atoms with Crippen LogP contribution in [0.5, 0.6) is 0 Å². The van der Waals surface area contributed by atoms with Gasteiger partial charge in [0, 0.05) is 6.08 Å². The van der Waals surface area contributed by atoms with Crippen LogP contribution in [0.1, 0.15) is 17.5 Å². The zero-order chi connectivity index (χ0) is 18.6. The Morgan fingerprint density at radius 2 is 1.42 bits per heavy atom. The van der Waals surface area contributed by atoms with Gasteiger partial charge in [0.1, 0.15) is 13.2 Å². The first-order chi connectivity index (χ1) is 12.7. The van der Waals surface area contributed by atoms with Gasteiger partial charge in [-0.15, -0.1) is 6.58 Å². The van der Waals surface area contributed by atoms with Crippen molar-refractivity contribution in [2.75, 3.05) is 0 Å². The summed E-state index contributed by atoms with van der Waals surface area (Å²) in [6.07, 6.45) is 4.78. The molecule has 2 rings (SSSR count). The largest absolute Gasteiger partial charge is 0.460 e. The number of ether oxygens (including phenoxy) is 2. The summed E-state index contributed by atoms with van der Waals surface area (Å²) in [5, 5.41) is 0. The second-order valence-electron chi connectivity index (χ2n) is 5.67. The van der Waals surface area contributed by atoms with E-state index in [0.717, 1.165) is 11.1 Å². The average molecular weight is 350 g/mol. The van der Waals surface area contributed by atoms with Crippen molar-refractivity contribution in [1.29, 1.82) is 0 Å². The summed E-state index contributed by atoms with van der Waals surface area (Å²) in [5.41, 5.74) is 1.84. The van der Waals surface area contributed by atoms with Gasteiger partial charge in [0.15, 0.2) is 0 Å². The molecule has 0 saturated carbocycles. The number of carbonyl (C=O) groups excluding carboxylic acids is 2. The lowest BCUT2D eigenvalue weighted by molar-refractivity contribution is -0.148. The third-order valence-electron chi connectivity index (χ3n) is 3.68. The fourth-order valence-corrected chi connectivity index (χ4v) is 2.21. The minimum atomic E-state index is -0.503. The molecule has 2 aromatic carbocycles. The number of rotatable bonds is 9. The molecular weight excluding hydrogens is 328 g/mol. The van der Waals surface area contributed by atoms with Gasteiger partial charge < -0.3 is 9.47 Å². The van der Waals surface area contributed by atoms with Crippen molar-refractivity contribution < 1.29 is 19.1 Å². The molecule has 0 N–H and O–H groups in total. The minimum Gasteiger partial charge on any atom is -0.460 e. The van der Waals surface area contributed by atoms with E-state index in [1.807, 2.05) is 60.7 Å². The summed E-state index contributed by atoms with van der Waals surface area (Å²) in [6, 6.07) is 18.9. The molecule has 134 valence electrons. The van der Waals surface area contributed by atoms with Crippen LogP contribution in [0.3, 0.4) is 0 Å². The summed E-state index contributed by atoms with van der Waals surface area (Å²) in [5.74, 6) is -1.32. The zero-order valence-electron chi connectivity index (χ0n) is 14.5. The van der Waals surface area contributed by atoms with E-state index >= 15 is 0 Å². The Morgan fingerprint density at radius 1 is 0.885 bits per heavy atom. The topological polar surface area (TPSA) is 52.6 Å². The summed E-state index contributed by atoms with van der Waals surface area (Å²) >= 11 is 0. The summed E-state index contributed by atoms with van der Waals surface area (Å²) in [6.45, 7) is 4.09. The van der Waals surface area contributed by atoms with Gasteiger partial charge in [-0.3, -0.25) is 4.79 Å². The monoisotopic (exact) mass is 350 g/mol. The van der Waals surface area contributed by atoms with Gasteiger partial charge in [-0.25, -0.2) is 4.79 Å². The Labute approximate surface area is 153 Å². The van der Waals surface area contributed by atoms with Crippen LogP contribution in [0.4, 0.5) is 0 Å². The van der Waals surface area contributed by atoms with E-state index in [2.05, 4.69) is 6.58 Å².